The van der Waals surface area contributed by atoms with E-state index in [1.54, 1.807) is 48.5 Å². The largest absolute Gasteiger partial charge is 0.408 e. The predicted molar refractivity (Wildman–Crippen MR) is 90.1 cm³/mol. The number of alkyl halides is 3. The molecule has 132 valence electrons. The van der Waals surface area contributed by atoms with E-state index in [4.69, 9.17) is 0 Å². The monoisotopic (exact) mass is 347 g/mol. The van der Waals surface area contributed by atoms with E-state index in [1.165, 1.54) is 0 Å². The van der Waals surface area contributed by atoms with Crippen LogP contribution in [-0.4, -0.2) is 29.6 Å². The number of rotatable bonds is 3. The third kappa shape index (κ3) is 3.86. The van der Waals surface area contributed by atoms with Gasteiger partial charge in [-0.15, -0.1) is 0 Å². The summed E-state index contributed by atoms with van der Waals surface area (Å²) in [6.45, 7) is 0.152. The van der Waals surface area contributed by atoms with Crippen LogP contribution >= 0.6 is 0 Å². The van der Waals surface area contributed by atoms with Crippen LogP contribution in [0.25, 0.3) is 0 Å². The number of hydrogen-bond acceptors (Lipinski definition) is 1. The molecule has 3 rings (SSSR count). The maximum Gasteiger partial charge on any atom is 0.408 e. The van der Waals surface area contributed by atoms with Crippen LogP contribution in [0.2, 0.25) is 0 Å². The molecular weight excluding hydrogens is 327 g/mol. The Hall–Kier alpha value is -2.30. The van der Waals surface area contributed by atoms with Gasteiger partial charge >= 0.3 is 6.18 Å². The van der Waals surface area contributed by atoms with Gasteiger partial charge in [-0.3, -0.25) is 4.79 Å². The van der Waals surface area contributed by atoms with Gasteiger partial charge in [0.05, 0.1) is 5.92 Å². The Kier molecular flexibility index (Phi) is 5.11. The first-order chi connectivity index (χ1) is 12.0. The van der Waals surface area contributed by atoms with Gasteiger partial charge < -0.3 is 4.90 Å². The molecule has 1 saturated heterocycles. The summed E-state index contributed by atoms with van der Waals surface area (Å²) in [6.07, 6.45) is -3.32. The summed E-state index contributed by atoms with van der Waals surface area (Å²) in [6, 6.07) is 16.3. The highest BCUT2D eigenvalue weighted by molar-refractivity contribution is 5.87. The van der Waals surface area contributed by atoms with Crippen molar-refractivity contribution in [1.82, 2.24) is 4.90 Å². The number of nitrogens with zero attached hydrogens (tertiary/aromatic N) is 1. The van der Waals surface area contributed by atoms with Crippen molar-refractivity contribution in [3.05, 3.63) is 71.8 Å². The standard InChI is InChI=1S/C20H20F3NO/c21-20(22,23)17-13-7-8-14-24(17)19(25)18(15-9-3-1-4-10-15)16-11-5-2-6-12-16/h1-6,9-12,17-18H,7-8,13-14H2. The molecule has 1 atom stereocenters. The zero-order valence-corrected chi connectivity index (χ0v) is 13.7. The number of benzene rings is 2. The van der Waals surface area contributed by atoms with Gasteiger partial charge in [0.25, 0.3) is 0 Å². The van der Waals surface area contributed by atoms with Gasteiger partial charge in [0, 0.05) is 6.54 Å². The molecule has 0 aliphatic carbocycles. The van der Waals surface area contributed by atoms with Crippen molar-refractivity contribution in [3.63, 3.8) is 0 Å². The van der Waals surface area contributed by atoms with E-state index in [0.717, 1.165) is 4.90 Å². The number of hydrogen-bond donors (Lipinski definition) is 0. The lowest BCUT2D eigenvalue weighted by molar-refractivity contribution is -0.196. The third-order valence-corrected chi connectivity index (χ3v) is 4.68. The fraction of sp³-hybridized carbons (Fsp3) is 0.350. The lowest BCUT2D eigenvalue weighted by Gasteiger charge is -2.38. The smallest absolute Gasteiger partial charge is 0.330 e. The lowest BCUT2D eigenvalue weighted by Crippen LogP contribution is -2.52. The lowest BCUT2D eigenvalue weighted by atomic mass is 9.88. The van der Waals surface area contributed by atoms with Crippen LogP contribution in [0.15, 0.2) is 60.7 Å². The summed E-state index contributed by atoms with van der Waals surface area (Å²) in [5, 5.41) is 0. The van der Waals surface area contributed by atoms with Crippen LogP contribution in [0.1, 0.15) is 36.3 Å². The Morgan fingerprint density at radius 2 is 1.44 bits per heavy atom. The molecule has 0 N–H and O–H groups in total. The Balaban J connectivity index is 1.99. The van der Waals surface area contributed by atoms with Gasteiger partial charge in [0.1, 0.15) is 6.04 Å². The van der Waals surface area contributed by atoms with Crippen molar-refractivity contribution in [2.24, 2.45) is 0 Å². The molecule has 0 aromatic heterocycles. The summed E-state index contributed by atoms with van der Waals surface area (Å²) >= 11 is 0. The zero-order valence-electron chi connectivity index (χ0n) is 13.7. The second kappa shape index (κ2) is 7.30. The molecule has 5 heteroatoms. The molecule has 2 nitrogen and oxygen atoms in total. The number of likely N-dealkylation sites (tertiary alicyclic amines) is 1. The average molecular weight is 347 g/mol. The SMILES string of the molecule is O=C(C(c1ccccc1)c1ccccc1)N1CCCCC1C(F)(F)F. The normalized spacial score (nSPS) is 18.4. The van der Waals surface area contributed by atoms with Gasteiger partial charge in [-0.05, 0) is 30.4 Å². The second-order valence-electron chi connectivity index (χ2n) is 6.34. The third-order valence-electron chi connectivity index (χ3n) is 4.68. The number of piperidine rings is 1. The van der Waals surface area contributed by atoms with E-state index in [2.05, 4.69) is 0 Å². The fourth-order valence-electron chi connectivity index (χ4n) is 3.47. The van der Waals surface area contributed by atoms with Gasteiger partial charge in [-0.25, -0.2) is 0 Å². The van der Waals surface area contributed by atoms with Crippen molar-refractivity contribution in [1.29, 1.82) is 0 Å². The minimum atomic E-state index is -4.39. The molecule has 2 aromatic rings. The topological polar surface area (TPSA) is 20.3 Å². The maximum absolute atomic E-state index is 13.4. The molecule has 25 heavy (non-hydrogen) atoms. The van der Waals surface area contributed by atoms with E-state index >= 15 is 0 Å². The molecule has 0 spiro atoms. The minimum absolute atomic E-state index is 0.0223. The highest BCUT2D eigenvalue weighted by atomic mass is 19.4. The van der Waals surface area contributed by atoms with Gasteiger partial charge in [0.15, 0.2) is 0 Å². The van der Waals surface area contributed by atoms with Gasteiger partial charge in [-0.2, -0.15) is 13.2 Å². The summed E-state index contributed by atoms with van der Waals surface area (Å²) in [7, 11) is 0. The van der Waals surface area contributed by atoms with Crippen LogP contribution in [-0.2, 0) is 4.79 Å². The number of halogens is 3. The zero-order chi connectivity index (χ0) is 17.9. The molecule has 1 aliphatic rings. The van der Waals surface area contributed by atoms with E-state index < -0.39 is 24.0 Å². The number of carbonyl (C=O) groups is 1. The van der Waals surface area contributed by atoms with Crippen LogP contribution < -0.4 is 0 Å². The molecule has 1 unspecified atom stereocenters. The average Bonchev–Trinajstić information content (AvgIpc) is 2.63. The van der Waals surface area contributed by atoms with Crippen molar-refractivity contribution < 1.29 is 18.0 Å². The molecule has 1 heterocycles. The number of amides is 1. The van der Waals surface area contributed by atoms with Crippen molar-refractivity contribution in [2.75, 3.05) is 6.54 Å². The second-order valence-corrected chi connectivity index (χ2v) is 6.34. The molecule has 2 aromatic carbocycles. The molecule has 1 aliphatic heterocycles. The highest BCUT2D eigenvalue weighted by Crippen LogP contribution is 2.35. The van der Waals surface area contributed by atoms with Crippen LogP contribution in [0.3, 0.4) is 0 Å². The van der Waals surface area contributed by atoms with Crippen LogP contribution in [0.4, 0.5) is 13.2 Å². The Morgan fingerprint density at radius 1 is 0.920 bits per heavy atom. The number of carbonyl (C=O) groups excluding carboxylic acids is 1. The predicted octanol–water partition coefficient (Wildman–Crippen LogP) is 4.76. The van der Waals surface area contributed by atoms with Gasteiger partial charge in [0.2, 0.25) is 5.91 Å². The molecular formula is C20H20F3NO. The molecule has 1 fully saturated rings. The van der Waals surface area contributed by atoms with Crippen LogP contribution in [0, 0.1) is 0 Å². The summed E-state index contributed by atoms with van der Waals surface area (Å²) < 4.78 is 40.3. The minimum Gasteiger partial charge on any atom is -0.330 e. The summed E-state index contributed by atoms with van der Waals surface area (Å²) in [5.41, 5.74) is 1.43. The van der Waals surface area contributed by atoms with Crippen LogP contribution in [0.5, 0.6) is 0 Å². The van der Waals surface area contributed by atoms with Crippen molar-refractivity contribution in [2.45, 2.75) is 37.4 Å². The first-order valence-electron chi connectivity index (χ1n) is 8.45. The Labute approximate surface area is 145 Å². The first kappa shape index (κ1) is 17.5. The Bertz CT molecular complexity index is 660. The maximum atomic E-state index is 13.4. The first-order valence-corrected chi connectivity index (χ1v) is 8.45. The highest BCUT2D eigenvalue weighted by Gasteiger charge is 2.47. The summed E-state index contributed by atoms with van der Waals surface area (Å²) in [5.74, 6) is -1.19. The quantitative estimate of drug-likeness (QED) is 0.784. The van der Waals surface area contributed by atoms with E-state index in [9.17, 15) is 18.0 Å². The van der Waals surface area contributed by atoms with Crippen molar-refractivity contribution >= 4 is 5.91 Å². The Morgan fingerprint density at radius 3 is 1.92 bits per heavy atom. The molecule has 0 radical (unpaired) electrons. The van der Waals surface area contributed by atoms with E-state index in [1.807, 2.05) is 12.1 Å². The fourth-order valence-corrected chi connectivity index (χ4v) is 3.47. The van der Waals surface area contributed by atoms with Crippen molar-refractivity contribution in [3.8, 4) is 0 Å². The molecule has 0 bridgehead atoms. The van der Waals surface area contributed by atoms with Gasteiger partial charge in [-0.1, -0.05) is 60.7 Å². The molecule has 0 saturated carbocycles. The van der Waals surface area contributed by atoms with E-state index in [-0.39, 0.29) is 13.0 Å². The van der Waals surface area contributed by atoms with E-state index in [0.29, 0.717) is 24.0 Å². The molecule has 1 amide bonds. The summed E-state index contributed by atoms with van der Waals surface area (Å²) in [4.78, 5) is 14.2.